The van der Waals surface area contributed by atoms with Crippen molar-refractivity contribution in [3.05, 3.63) is 36.5 Å². The number of fused-ring (bicyclic) bond motifs is 4. The average molecular weight is 409 g/mol. The van der Waals surface area contributed by atoms with Gasteiger partial charge in [-0.2, -0.15) is 5.10 Å². The number of nitrogens with zero attached hydrogens (tertiary/aromatic N) is 6. The molecule has 5 heterocycles. The average Bonchev–Trinajstić information content (AvgIpc) is 3.20. The third-order valence-corrected chi connectivity index (χ3v) is 6.90. The van der Waals surface area contributed by atoms with Crippen LogP contribution in [-0.2, 0) is 11.8 Å². The summed E-state index contributed by atoms with van der Waals surface area (Å²) in [5.74, 6) is 1.68. The minimum absolute atomic E-state index is 0.00398. The molecule has 3 aliphatic rings. The van der Waals surface area contributed by atoms with Gasteiger partial charge in [0.1, 0.15) is 11.5 Å². The molecule has 158 valence electrons. The van der Waals surface area contributed by atoms with Crippen LogP contribution in [-0.4, -0.2) is 68.2 Å². The molecule has 3 fully saturated rings. The van der Waals surface area contributed by atoms with Crippen molar-refractivity contribution in [3.63, 3.8) is 0 Å². The molecule has 9 nitrogen and oxygen atoms in total. The lowest BCUT2D eigenvalue weighted by Gasteiger charge is -2.56. The molecular formula is C21H27N7O2. The van der Waals surface area contributed by atoms with Crippen LogP contribution in [0.3, 0.4) is 0 Å². The van der Waals surface area contributed by atoms with Crippen molar-refractivity contribution >= 4 is 17.6 Å². The van der Waals surface area contributed by atoms with E-state index in [-0.39, 0.29) is 29.8 Å². The van der Waals surface area contributed by atoms with E-state index < -0.39 is 0 Å². The lowest BCUT2D eigenvalue weighted by Crippen LogP contribution is -2.67. The van der Waals surface area contributed by atoms with Crippen LogP contribution in [0.2, 0.25) is 0 Å². The SMILES string of the molecule is Cn1nccc1C(=O)NC[C@H]1[C@H]2C[C@H](CN(c3cnccn3)C2)[C@@H]2CCCC(=O)N21. The molecule has 5 rings (SSSR count). The summed E-state index contributed by atoms with van der Waals surface area (Å²) in [7, 11) is 1.75. The molecule has 0 saturated carbocycles. The number of rotatable bonds is 4. The van der Waals surface area contributed by atoms with E-state index >= 15 is 0 Å². The van der Waals surface area contributed by atoms with Crippen LogP contribution in [0, 0.1) is 11.8 Å². The summed E-state index contributed by atoms with van der Waals surface area (Å²) in [6.45, 7) is 2.17. The quantitative estimate of drug-likeness (QED) is 0.804. The molecule has 0 radical (unpaired) electrons. The normalized spacial score (nSPS) is 28.2. The molecule has 9 heteroatoms. The van der Waals surface area contributed by atoms with Gasteiger partial charge < -0.3 is 15.1 Å². The Morgan fingerprint density at radius 2 is 2.10 bits per heavy atom. The van der Waals surface area contributed by atoms with Gasteiger partial charge in [0.25, 0.3) is 5.91 Å². The Balaban J connectivity index is 1.38. The van der Waals surface area contributed by atoms with Crippen molar-refractivity contribution in [2.75, 3.05) is 24.5 Å². The molecule has 0 aromatic carbocycles. The first-order valence-electron chi connectivity index (χ1n) is 10.7. The Morgan fingerprint density at radius 3 is 2.87 bits per heavy atom. The van der Waals surface area contributed by atoms with Crippen molar-refractivity contribution in [1.29, 1.82) is 0 Å². The topological polar surface area (TPSA) is 96.2 Å². The number of hydrogen-bond donors (Lipinski definition) is 1. The van der Waals surface area contributed by atoms with Crippen molar-refractivity contribution in [2.45, 2.75) is 37.8 Å². The Bertz CT molecular complexity index is 930. The van der Waals surface area contributed by atoms with E-state index in [0.29, 0.717) is 24.6 Å². The molecule has 2 amide bonds. The highest BCUT2D eigenvalue weighted by Crippen LogP contribution is 2.42. The van der Waals surface area contributed by atoms with Crippen LogP contribution in [0.5, 0.6) is 0 Å². The molecule has 3 saturated heterocycles. The predicted octanol–water partition coefficient (Wildman–Crippen LogP) is 0.846. The number of carbonyl (C=O) groups excluding carboxylic acids is 2. The largest absolute Gasteiger partial charge is 0.355 e. The third kappa shape index (κ3) is 3.32. The Kier molecular flexibility index (Phi) is 4.88. The number of aromatic nitrogens is 4. The van der Waals surface area contributed by atoms with Crippen LogP contribution < -0.4 is 10.2 Å². The molecule has 2 bridgehead atoms. The third-order valence-electron chi connectivity index (χ3n) is 6.90. The Labute approximate surface area is 175 Å². The van der Waals surface area contributed by atoms with Gasteiger partial charge >= 0.3 is 0 Å². The number of nitrogens with one attached hydrogen (secondary N) is 1. The maximum Gasteiger partial charge on any atom is 0.269 e. The van der Waals surface area contributed by atoms with Crippen molar-refractivity contribution in [2.24, 2.45) is 18.9 Å². The van der Waals surface area contributed by atoms with Gasteiger partial charge in [-0.1, -0.05) is 0 Å². The zero-order valence-electron chi connectivity index (χ0n) is 17.1. The van der Waals surface area contributed by atoms with Crippen LogP contribution in [0.15, 0.2) is 30.9 Å². The fourth-order valence-electron chi connectivity index (χ4n) is 5.56. The van der Waals surface area contributed by atoms with Gasteiger partial charge in [-0.3, -0.25) is 19.3 Å². The minimum atomic E-state index is -0.153. The maximum absolute atomic E-state index is 12.9. The van der Waals surface area contributed by atoms with E-state index in [1.807, 2.05) is 6.20 Å². The lowest BCUT2D eigenvalue weighted by molar-refractivity contribution is -0.148. The van der Waals surface area contributed by atoms with E-state index in [9.17, 15) is 9.59 Å². The van der Waals surface area contributed by atoms with Crippen LogP contribution in [0.25, 0.3) is 0 Å². The van der Waals surface area contributed by atoms with Crippen LogP contribution >= 0.6 is 0 Å². The first kappa shape index (κ1) is 19.0. The summed E-state index contributed by atoms with van der Waals surface area (Å²) in [5, 5.41) is 7.14. The molecule has 30 heavy (non-hydrogen) atoms. The van der Waals surface area contributed by atoms with E-state index in [1.165, 1.54) is 0 Å². The van der Waals surface area contributed by atoms with Gasteiger partial charge in [-0.25, -0.2) is 4.98 Å². The van der Waals surface area contributed by atoms with E-state index in [2.05, 4.69) is 30.2 Å². The Hall–Kier alpha value is -2.97. The molecule has 1 N–H and O–H groups in total. The van der Waals surface area contributed by atoms with E-state index in [1.54, 1.807) is 36.4 Å². The van der Waals surface area contributed by atoms with Crippen molar-refractivity contribution < 1.29 is 9.59 Å². The fourth-order valence-corrected chi connectivity index (χ4v) is 5.56. The molecule has 0 unspecified atom stereocenters. The summed E-state index contributed by atoms with van der Waals surface area (Å²) in [4.78, 5) is 38.7. The zero-order chi connectivity index (χ0) is 20.7. The highest BCUT2D eigenvalue weighted by atomic mass is 16.2. The number of hydrogen-bond acceptors (Lipinski definition) is 6. The molecule has 2 aromatic rings. The predicted molar refractivity (Wildman–Crippen MR) is 110 cm³/mol. The van der Waals surface area contributed by atoms with Gasteiger partial charge in [-0.05, 0) is 37.2 Å². The maximum atomic E-state index is 12.9. The molecule has 0 spiro atoms. The van der Waals surface area contributed by atoms with Gasteiger partial charge in [0.15, 0.2) is 0 Å². The summed E-state index contributed by atoms with van der Waals surface area (Å²) < 4.78 is 1.57. The molecule has 3 aliphatic heterocycles. The lowest BCUT2D eigenvalue weighted by atomic mass is 9.72. The van der Waals surface area contributed by atoms with Gasteiger partial charge in [0.2, 0.25) is 5.91 Å². The van der Waals surface area contributed by atoms with Gasteiger partial charge in [0, 0.05) is 57.7 Å². The molecule has 4 atom stereocenters. The van der Waals surface area contributed by atoms with Crippen molar-refractivity contribution in [1.82, 2.24) is 30.0 Å². The number of anilines is 1. The van der Waals surface area contributed by atoms with Crippen molar-refractivity contribution in [3.8, 4) is 0 Å². The Morgan fingerprint density at radius 1 is 1.23 bits per heavy atom. The number of amides is 2. The first-order valence-corrected chi connectivity index (χ1v) is 10.7. The second kappa shape index (κ2) is 7.70. The fraction of sp³-hybridized carbons (Fsp3) is 0.571. The summed E-state index contributed by atoms with van der Waals surface area (Å²) in [6.07, 6.45) is 10.5. The summed E-state index contributed by atoms with van der Waals surface area (Å²) in [6, 6.07) is 1.94. The molecule has 2 aromatic heterocycles. The standard InChI is InChI=1S/C21H27N7O2/c1-26-17(5-6-25-26)21(30)24-10-18-15-9-14(16-3-2-4-20(29)28(16)18)12-27(13-15)19-11-22-7-8-23-19/h5-8,11,14-16,18H,2-4,9-10,12-13H2,1H3,(H,24,30)/t14-,15+,16+,18+/m1/s1. The van der Waals surface area contributed by atoms with Gasteiger partial charge in [-0.15, -0.1) is 0 Å². The number of carbonyl (C=O) groups is 2. The number of aryl methyl sites for hydroxylation is 1. The van der Waals surface area contributed by atoms with Crippen LogP contribution in [0.1, 0.15) is 36.2 Å². The minimum Gasteiger partial charge on any atom is -0.355 e. The zero-order valence-corrected chi connectivity index (χ0v) is 17.1. The molecule has 0 aliphatic carbocycles. The summed E-state index contributed by atoms with van der Waals surface area (Å²) in [5.41, 5.74) is 0.523. The van der Waals surface area contributed by atoms with E-state index in [4.69, 9.17) is 0 Å². The van der Waals surface area contributed by atoms with E-state index in [0.717, 1.165) is 38.2 Å². The second-order valence-electron chi connectivity index (χ2n) is 8.60. The highest BCUT2D eigenvalue weighted by Gasteiger charge is 2.49. The second-order valence-corrected chi connectivity index (χ2v) is 8.60. The first-order chi connectivity index (χ1) is 14.6. The smallest absolute Gasteiger partial charge is 0.269 e. The number of piperidine rings is 3. The van der Waals surface area contributed by atoms with Gasteiger partial charge in [0.05, 0.1) is 12.2 Å². The molecular weight excluding hydrogens is 382 g/mol. The highest BCUT2D eigenvalue weighted by molar-refractivity contribution is 5.92. The van der Waals surface area contributed by atoms with Crippen LogP contribution in [0.4, 0.5) is 5.82 Å². The summed E-state index contributed by atoms with van der Waals surface area (Å²) >= 11 is 0. The monoisotopic (exact) mass is 409 g/mol.